The van der Waals surface area contributed by atoms with Crippen LogP contribution in [0.2, 0.25) is 0 Å². The molecule has 0 aliphatic heterocycles. The van der Waals surface area contributed by atoms with E-state index >= 15 is 0 Å². The van der Waals surface area contributed by atoms with Gasteiger partial charge in [0.25, 0.3) is 5.91 Å². The lowest BCUT2D eigenvalue weighted by molar-refractivity contribution is 0.0747. The first-order chi connectivity index (χ1) is 10.0. The standard InChI is InChI=1S/C16H24N4O/c1-4-7-20(9-8-19(2)3)16(21)14-11-18-15-6-5-12(17)10-13(14)15/h5-6,10-11,18H,4,7-9,17H2,1-3H3. The van der Waals surface area contributed by atoms with Gasteiger partial charge in [0.05, 0.1) is 5.56 Å². The van der Waals surface area contributed by atoms with Crippen molar-refractivity contribution in [1.29, 1.82) is 0 Å². The Morgan fingerprint density at radius 1 is 1.24 bits per heavy atom. The first kappa shape index (κ1) is 15.4. The van der Waals surface area contributed by atoms with Gasteiger partial charge < -0.3 is 20.5 Å². The maximum atomic E-state index is 12.8. The van der Waals surface area contributed by atoms with Crippen LogP contribution in [0, 0.1) is 0 Å². The van der Waals surface area contributed by atoms with E-state index in [-0.39, 0.29) is 5.91 Å². The maximum Gasteiger partial charge on any atom is 0.256 e. The number of nitrogens with one attached hydrogen (secondary N) is 1. The molecule has 3 N–H and O–H groups in total. The van der Waals surface area contributed by atoms with Gasteiger partial charge >= 0.3 is 0 Å². The average Bonchev–Trinajstić information content (AvgIpc) is 2.85. The van der Waals surface area contributed by atoms with E-state index in [0.717, 1.165) is 37.0 Å². The number of hydrogen-bond acceptors (Lipinski definition) is 3. The topological polar surface area (TPSA) is 65.4 Å². The number of likely N-dealkylation sites (N-methyl/N-ethyl adjacent to an activating group) is 1. The highest BCUT2D eigenvalue weighted by Crippen LogP contribution is 2.22. The van der Waals surface area contributed by atoms with Crippen molar-refractivity contribution in [2.24, 2.45) is 0 Å². The minimum atomic E-state index is 0.0653. The van der Waals surface area contributed by atoms with Gasteiger partial charge in [-0.25, -0.2) is 0 Å². The SMILES string of the molecule is CCCN(CCN(C)C)C(=O)c1c[nH]c2ccc(N)cc12. The summed E-state index contributed by atoms with van der Waals surface area (Å²) in [4.78, 5) is 19.9. The van der Waals surface area contributed by atoms with Crippen LogP contribution in [0.1, 0.15) is 23.7 Å². The molecular weight excluding hydrogens is 264 g/mol. The minimum Gasteiger partial charge on any atom is -0.399 e. The highest BCUT2D eigenvalue weighted by molar-refractivity contribution is 6.07. The molecule has 0 aliphatic rings. The fourth-order valence-electron chi connectivity index (χ4n) is 2.39. The van der Waals surface area contributed by atoms with Crippen LogP contribution in [0.4, 0.5) is 5.69 Å². The molecule has 1 heterocycles. The van der Waals surface area contributed by atoms with Gasteiger partial charge in [-0.2, -0.15) is 0 Å². The first-order valence-corrected chi connectivity index (χ1v) is 7.33. The third kappa shape index (κ3) is 3.55. The van der Waals surface area contributed by atoms with E-state index in [1.54, 1.807) is 6.20 Å². The zero-order chi connectivity index (χ0) is 15.4. The zero-order valence-corrected chi connectivity index (χ0v) is 13.0. The Balaban J connectivity index is 2.27. The second kappa shape index (κ2) is 6.63. The van der Waals surface area contributed by atoms with Gasteiger partial charge in [0.1, 0.15) is 0 Å². The molecule has 0 saturated carbocycles. The molecule has 0 spiro atoms. The van der Waals surface area contributed by atoms with Crippen molar-refractivity contribution in [2.75, 3.05) is 39.5 Å². The Kier molecular flexibility index (Phi) is 4.85. The van der Waals surface area contributed by atoms with Gasteiger partial charge in [0.2, 0.25) is 0 Å². The molecule has 0 bridgehead atoms. The number of H-pyrrole nitrogens is 1. The smallest absolute Gasteiger partial charge is 0.256 e. The lowest BCUT2D eigenvalue weighted by atomic mass is 10.1. The van der Waals surface area contributed by atoms with Gasteiger partial charge in [-0.15, -0.1) is 0 Å². The molecule has 114 valence electrons. The molecule has 1 amide bonds. The van der Waals surface area contributed by atoms with Crippen molar-refractivity contribution in [3.05, 3.63) is 30.0 Å². The Morgan fingerprint density at radius 2 is 2.00 bits per heavy atom. The summed E-state index contributed by atoms with van der Waals surface area (Å²) in [5.74, 6) is 0.0653. The Labute approximate surface area is 125 Å². The predicted molar refractivity (Wildman–Crippen MR) is 87.5 cm³/mol. The van der Waals surface area contributed by atoms with Crippen LogP contribution < -0.4 is 5.73 Å². The van der Waals surface area contributed by atoms with Crippen LogP contribution in [0.15, 0.2) is 24.4 Å². The molecule has 0 unspecified atom stereocenters. The van der Waals surface area contributed by atoms with Crippen molar-refractivity contribution in [3.63, 3.8) is 0 Å². The van der Waals surface area contributed by atoms with E-state index < -0.39 is 0 Å². The van der Waals surface area contributed by atoms with Crippen LogP contribution in [0.5, 0.6) is 0 Å². The Hall–Kier alpha value is -2.01. The summed E-state index contributed by atoms with van der Waals surface area (Å²) in [5.41, 5.74) is 8.15. The molecule has 2 aromatic rings. The number of aromatic amines is 1. The van der Waals surface area contributed by atoms with Crippen LogP contribution in [0.25, 0.3) is 10.9 Å². The Bertz CT molecular complexity index is 618. The molecule has 0 saturated heterocycles. The molecule has 1 aromatic heterocycles. The highest BCUT2D eigenvalue weighted by Gasteiger charge is 2.18. The van der Waals surface area contributed by atoms with Gasteiger partial charge in [-0.3, -0.25) is 4.79 Å². The largest absolute Gasteiger partial charge is 0.399 e. The number of carbonyl (C=O) groups is 1. The summed E-state index contributed by atoms with van der Waals surface area (Å²) < 4.78 is 0. The van der Waals surface area contributed by atoms with Crippen LogP contribution in [-0.4, -0.2) is 54.4 Å². The summed E-state index contributed by atoms with van der Waals surface area (Å²) in [7, 11) is 4.03. The van der Waals surface area contributed by atoms with E-state index in [1.165, 1.54) is 0 Å². The lowest BCUT2D eigenvalue weighted by Crippen LogP contribution is -2.37. The van der Waals surface area contributed by atoms with Crippen molar-refractivity contribution in [2.45, 2.75) is 13.3 Å². The second-order valence-corrected chi connectivity index (χ2v) is 5.60. The number of benzene rings is 1. The van der Waals surface area contributed by atoms with Gasteiger partial charge in [0, 0.05) is 42.4 Å². The van der Waals surface area contributed by atoms with Crippen molar-refractivity contribution < 1.29 is 4.79 Å². The summed E-state index contributed by atoms with van der Waals surface area (Å²) in [6.45, 7) is 4.44. The van der Waals surface area contributed by atoms with Gasteiger partial charge in [-0.05, 0) is 38.7 Å². The molecule has 0 atom stereocenters. The van der Waals surface area contributed by atoms with E-state index in [4.69, 9.17) is 5.73 Å². The number of nitrogens with two attached hydrogens (primary N) is 1. The third-order valence-corrected chi connectivity index (χ3v) is 3.53. The lowest BCUT2D eigenvalue weighted by Gasteiger charge is -2.23. The van der Waals surface area contributed by atoms with E-state index in [9.17, 15) is 4.79 Å². The fourth-order valence-corrected chi connectivity index (χ4v) is 2.39. The van der Waals surface area contributed by atoms with Crippen molar-refractivity contribution >= 4 is 22.5 Å². The summed E-state index contributed by atoms with van der Waals surface area (Å²) >= 11 is 0. The van der Waals surface area contributed by atoms with E-state index in [0.29, 0.717) is 11.3 Å². The number of rotatable bonds is 6. The number of aromatic nitrogens is 1. The molecule has 21 heavy (non-hydrogen) atoms. The maximum absolute atomic E-state index is 12.8. The minimum absolute atomic E-state index is 0.0653. The fraction of sp³-hybridized carbons (Fsp3) is 0.438. The zero-order valence-electron chi connectivity index (χ0n) is 13.0. The molecule has 5 nitrogen and oxygen atoms in total. The van der Waals surface area contributed by atoms with E-state index in [2.05, 4.69) is 16.8 Å². The number of fused-ring (bicyclic) bond motifs is 1. The number of hydrogen-bond donors (Lipinski definition) is 2. The van der Waals surface area contributed by atoms with E-state index in [1.807, 2.05) is 37.2 Å². The molecule has 1 aromatic carbocycles. The normalized spacial score (nSPS) is 11.2. The molecule has 5 heteroatoms. The number of anilines is 1. The van der Waals surface area contributed by atoms with Crippen LogP contribution in [-0.2, 0) is 0 Å². The average molecular weight is 288 g/mol. The molecule has 0 fully saturated rings. The molecule has 0 aliphatic carbocycles. The first-order valence-electron chi connectivity index (χ1n) is 7.33. The number of amides is 1. The number of nitrogen functional groups attached to an aromatic ring is 1. The predicted octanol–water partition coefficient (Wildman–Crippen LogP) is 2.16. The summed E-state index contributed by atoms with van der Waals surface area (Å²) in [6, 6.07) is 5.60. The van der Waals surface area contributed by atoms with Crippen molar-refractivity contribution in [1.82, 2.24) is 14.8 Å². The number of carbonyl (C=O) groups excluding carboxylic acids is 1. The number of nitrogens with zero attached hydrogens (tertiary/aromatic N) is 2. The van der Waals surface area contributed by atoms with Gasteiger partial charge in [-0.1, -0.05) is 6.92 Å². The van der Waals surface area contributed by atoms with Crippen molar-refractivity contribution in [3.8, 4) is 0 Å². The monoisotopic (exact) mass is 288 g/mol. The quantitative estimate of drug-likeness (QED) is 0.801. The second-order valence-electron chi connectivity index (χ2n) is 5.60. The Morgan fingerprint density at radius 3 is 2.67 bits per heavy atom. The third-order valence-electron chi connectivity index (χ3n) is 3.53. The molecular formula is C16H24N4O. The van der Waals surface area contributed by atoms with Crippen LogP contribution in [0.3, 0.4) is 0 Å². The van der Waals surface area contributed by atoms with Crippen LogP contribution >= 0.6 is 0 Å². The molecule has 0 radical (unpaired) electrons. The van der Waals surface area contributed by atoms with Gasteiger partial charge in [0.15, 0.2) is 0 Å². The molecule has 2 rings (SSSR count). The summed E-state index contributed by atoms with van der Waals surface area (Å²) in [5, 5.41) is 0.894. The summed E-state index contributed by atoms with van der Waals surface area (Å²) in [6.07, 6.45) is 2.73. The highest BCUT2D eigenvalue weighted by atomic mass is 16.2.